The summed E-state index contributed by atoms with van der Waals surface area (Å²) in [6, 6.07) is 8.58. The van der Waals surface area contributed by atoms with Crippen molar-refractivity contribution in [1.29, 1.82) is 0 Å². The number of carbonyl (C=O) groups excluding carboxylic acids is 1. The average molecular weight is 389 g/mol. The predicted octanol–water partition coefficient (Wildman–Crippen LogP) is 2.44. The number of hydrogen-bond donors (Lipinski definition) is 1. The molecule has 0 spiro atoms. The molecule has 2 aliphatic heterocycles. The molecule has 0 aromatic heterocycles. The van der Waals surface area contributed by atoms with Crippen LogP contribution in [0, 0.1) is 6.92 Å². The number of carboxylic acid groups (broad SMARTS) is 1. The van der Waals surface area contributed by atoms with Crippen LogP contribution in [0.25, 0.3) is 0 Å². The Bertz CT molecular complexity index is 674. The lowest BCUT2D eigenvalue weighted by molar-refractivity contribution is -0.144. The second-order valence-corrected chi connectivity index (χ2v) is 8.04. The molecule has 2 aliphatic rings. The van der Waals surface area contributed by atoms with E-state index in [-0.39, 0.29) is 18.5 Å². The minimum Gasteiger partial charge on any atom is -0.480 e. The fourth-order valence-corrected chi connectivity index (χ4v) is 4.63. The van der Waals surface area contributed by atoms with Crippen molar-refractivity contribution >= 4 is 11.9 Å². The highest BCUT2D eigenvalue weighted by molar-refractivity contribution is 5.88. The third-order valence-electron chi connectivity index (χ3n) is 6.37. The Morgan fingerprint density at radius 1 is 1.18 bits per heavy atom. The van der Waals surface area contributed by atoms with Crippen LogP contribution in [0.4, 0.5) is 0 Å². The van der Waals surface area contributed by atoms with Gasteiger partial charge in [-0.2, -0.15) is 0 Å². The van der Waals surface area contributed by atoms with Crippen molar-refractivity contribution in [2.24, 2.45) is 0 Å². The molecule has 6 nitrogen and oxygen atoms in total. The number of aryl methyl sites for hydroxylation is 1. The summed E-state index contributed by atoms with van der Waals surface area (Å²) in [5, 5.41) is 9.12. The maximum Gasteiger partial charge on any atom is 0.317 e. The van der Waals surface area contributed by atoms with Gasteiger partial charge in [-0.15, -0.1) is 0 Å². The molecule has 6 heteroatoms. The van der Waals surface area contributed by atoms with E-state index in [0.29, 0.717) is 26.3 Å². The van der Waals surface area contributed by atoms with Crippen LogP contribution < -0.4 is 0 Å². The van der Waals surface area contributed by atoms with Gasteiger partial charge in [0.15, 0.2) is 0 Å². The van der Waals surface area contributed by atoms with Crippen LogP contribution in [0.2, 0.25) is 0 Å². The summed E-state index contributed by atoms with van der Waals surface area (Å²) >= 11 is 0. The Morgan fingerprint density at radius 2 is 1.79 bits per heavy atom. The minimum absolute atomic E-state index is 0.0692. The third kappa shape index (κ3) is 4.39. The van der Waals surface area contributed by atoms with Crippen molar-refractivity contribution in [1.82, 2.24) is 9.80 Å². The molecule has 0 aliphatic carbocycles. The van der Waals surface area contributed by atoms with Gasteiger partial charge in [-0.1, -0.05) is 36.8 Å². The zero-order valence-corrected chi connectivity index (χ0v) is 17.0. The summed E-state index contributed by atoms with van der Waals surface area (Å²) in [7, 11) is 0. The topological polar surface area (TPSA) is 70.1 Å². The van der Waals surface area contributed by atoms with Gasteiger partial charge in [0.05, 0.1) is 12.0 Å². The quantitative estimate of drug-likeness (QED) is 0.811. The molecule has 0 bridgehead atoms. The van der Waals surface area contributed by atoms with E-state index in [1.165, 1.54) is 5.56 Å². The molecule has 2 heterocycles. The third-order valence-corrected chi connectivity index (χ3v) is 6.37. The maximum atomic E-state index is 13.6. The number of carboxylic acids is 1. The lowest BCUT2D eigenvalue weighted by Crippen LogP contribution is -2.54. The van der Waals surface area contributed by atoms with Crippen LogP contribution in [0.3, 0.4) is 0 Å². The SMILES string of the molecule is CCN(CC(=O)O)C1CCN(C(=O)C2(c3ccc(C)cc3)CCOCC2)CC1. The highest BCUT2D eigenvalue weighted by Crippen LogP contribution is 2.37. The van der Waals surface area contributed by atoms with Gasteiger partial charge in [0.25, 0.3) is 0 Å². The molecule has 1 aromatic carbocycles. The molecule has 1 amide bonds. The second-order valence-electron chi connectivity index (χ2n) is 8.04. The van der Waals surface area contributed by atoms with Gasteiger partial charge in [0.1, 0.15) is 0 Å². The molecule has 0 unspecified atom stereocenters. The lowest BCUT2D eigenvalue weighted by Gasteiger charge is -2.43. The zero-order chi connectivity index (χ0) is 20.1. The van der Waals surface area contributed by atoms with E-state index < -0.39 is 11.4 Å². The van der Waals surface area contributed by atoms with Gasteiger partial charge in [-0.25, -0.2) is 0 Å². The molecule has 2 saturated heterocycles. The number of ether oxygens (including phenoxy) is 1. The van der Waals surface area contributed by atoms with Crippen molar-refractivity contribution < 1.29 is 19.4 Å². The van der Waals surface area contributed by atoms with Gasteiger partial charge >= 0.3 is 5.97 Å². The van der Waals surface area contributed by atoms with Crippen LogP contribution in [0.5, 0.6) is 0 Å². The Labute approximate surface area is 167 Å². The zero-order valence-electron chi connectivity index (χ0n) is 17.0. The standard InChI is InChI=1S/C22H32N2O4/c1-3-23(16-20(25)26)19-8-12-24(13-9-19)21(27)22(10-14-28-15-11-22)18-6-4-17(2)5-7-18/h4-7,19H,3,8-16H2,1-2H3,(H,25,26). The van der Waals surface area contributed by atoms with Gasteiger partial charge in [-0.05, 0) is 44.7 Å². The number of likely N-dealkylation sites (N-methyl/N-ethyl adjacent to an activating group) is 1. The molecule has 28 heavy (non-hydrogen) atoms. The summed E-state index contributed by atoms with van der Waals surface area (Å²) < 4.78 is 5.57. The Balaban J connectivity index is 1.72. The molecular weight excluding hydrogens is 356 g/mol. The van der Waals surface area contributed by atoms with Gasteiger partial charge in [-0.3, -0.25) is 14.5 Å². The molecule has 154 valence electrons. The molecule has 0 radical (unpaired) electrons. The minimum atomic E-state index is -0.791. The second kappa shape index (κ2) is 9.05. The fourth-order valence-electron chi connectivity index (χ4n) is 4.63. The van der Waals surface area contributed by atoms with Crippen LogP contribution in [0.15, 0.2) is 24.3 Å². The Morgan fingerprint density at radius 3 is 2.32 bits per heavy atom. The molecular formula is C22H32N2O4. The van der Waals surface area contributed by atoms with E-state index in [2.05, 4.69) is 31.2 Å². The highest BCUT2D eigenvalue weighted by Gasteiger charge is 2.44. The highest BCUT2D eigenvalue weighted by atomic mass is 16.5. The number of likely N-dealkylation sites (tertiary alicyclic amines) is 1. The van der Waals surface area contributed by atoms with Crippen molar-refractivity contribution in [3.63, 3.8) is 0 Å². The molecule has 0 atom stereocenters. The first kappa shape index (κ1) is 20.8. The van der Waals surface area contributed by atoms with Crippen molar-refractivity contribution in [3.05, 3.63) is 35.4 Å². The van der Waals surface area contributed by atoms with E-state index in [4.69, 9.17) is 9.84 Å². The van der Waals surface area contributed by atoms with E-state index in [1.807, 2.05) is 16.7 Å². The summed E-state index contributed by atoms with van der Waals surface area (Å²) in [5.41, 5.74) is 1.79. The molecule has 0 saturated carbocycles. The number of benzene rings is 1. The van der Waals surface area contributed by atoms with Crippen LogP contribution in [-0.2, 0) is 19.7 Å². The maximum absolute atomic E-state index is 13.6. The van der Waals surface area contributed by atoms with Crippen molar-refractivity contribution in [3.8, 4) is 0 Å². The molecule has 2 fully saturated rings. The summed E-state index contributed by atoms with van der Waals surface area (Å²) in [6.45, 7) is 7.44. The van der Waals surface area contributed by atoms with Crippen molar-refractivity contribution in [2.75, 3.05) is 39.4 Å². The van der Waals surface area contributed by atoms with E-state index in [1.54, 1.807) is 0 Å². The number of carbonyl (C=O) groups is 2. The van der Waals surface area contributed by atoms with E-state index in [9.17, 15) is 9.59 Å². The molecule has 1 aromatic rings. The number of hydrogen-bond acceptors (Lipinski definition) is 4. The molecule has 3 rings (SSSR count). The van der Waals surface area contributed by atoms with E-state index in [0.717, 1.165) is 37.8 Å². The number of aliphatic carboxylic acids is 1. The number of piperidine rings is 1. The molecule has 1 N–H and O–H groups in total. The summed E-state index contributed by atoms with van der Waals surface area (Å²) in [4.78, 5) is 28.7. The van der Waals surface area contributed by atoms with E-state index >= 15 is 0 Å². The smallest absolute Gasteiger partial charge is 0.317 e. The first-order chi connectivity index (χ1) is 13.5. The van der Waals surface area contributed by atoms with Crippen LogP contribution >= 0.6 is 0 Å². The first-order valence-corrected chi connectivity index (χ1v) is 10.4. The summed E-state index contributed by atoms with van der Waals surface area (Å²) in [5.74, 6) is -0.583. The average Bonchev–Trinajstić information content (AvgIpc) is 2.72. The Hall–Kier alpha value is -1.92. The van der Waals surface area contributed by atoms with Crippen LogP contribution in [0.1, 0.15) is 43.7 Å². The summed E-state index contributed by atoms with van der Waals surface area (Å²) in [6.07, 6.45) is 3.09. The first-order valence-electron chi connectivity index (χ1n) is 10.4. The predicted molar refractivity (Wildman–Crippen MR) is 107 cm³/mol. The van der Waals surface area contributed by atoms with Gasteiger partial charge in [0, 0.05) is 32.3 Å². The lowest BCUT2D eigenvalue weighted by atomic mass is 9.72. The van der Waals surface area contributed by atoms with Crippen LogP contribution in [-0.4, -0.2) is 72.2 Å². The monoisotopic (exact) mass is 388 g/mol. The van der Waals surface area contributed by atoms with Crippen molar-refractivity contribution in [2.45, 2.75) is 51.0 Å². The van der Waals surface area contributed by atoms with Gasteiger partial charge in [0.2, 0.25) is 5.91 Å². The number of amides is 1. The van der Waals surface area contributed by atoms with Gasteiger partial charge < -0.3 is 14.7 Å². The normalized spacial score (nSPS) is 20.3. The fraction of sp³-hybridized carbons (Fsp3) is 0.636. The Kier molecular flexibility index (Phi) is 6.73. The largest absolute Gasteiger partial charge is 0.480 e. The number of rotatable bonds is 6. The number of nitrogens with zero attached hydrogens (tertiary/aromatic N) is 2.